The Hall–Kier alpha value is -1.82. The Morgan fingerprint density at radius 3 is 2.59 bits per heavy atom. The molecule has 22 heavy (non-hydrogen) atoms. The molecule has 1 aromatic heterocycles. The number of hydrogen-bond acceptors (Lipinski definition) is 5. The van der Waals surface area contributed by atoms with Crippen molar-refractivity contribution in [1.82, 2.24) is 9.88 Å². The number of pyridine rings is 1. The number of rotatable bonds is 5. The van der Waals surface area contributed by atoms with E-state index in [1.165, 1.54) is 6.42 Å². The van der Waals surface area contributed by atoms with Crippen LogP contribution >= 0.6 is 0 Å². The van der Waals surface area contributed by atoms with E-state index in [0.717, 1.165) is 51.4 Å². The average Bonchev–Trinajstić information content (AvgIpc) is 2.51. The van der Waals surface area contributed by atoms with Crippen LogP contribution in [0.3, 0.4) is 0 Å². The lowest BCUT2D eigenvalue weighted by Crippen LogP contribution is -2.46. The van der Waals surface area contributed by atoms with Gasteiger partial charge in [-0.05, 0) is 37.9 Å². The smallest absolute Gasteiger partial charge is 0.335 e. The number of nitrogens with zero attached hydrogens (tertiary/aromatic N) is 3. The first-order chi connectivity index (χ1) is 10.7. The van der Waals surface area contributed by atoms with Crippen LogP contribution in [0, 0.1) is 0 Å². The third-order valence-electron chi connectivity index (χ3n) is 4.66. The second kappa shape index (κ2) is 6.52. The highest BCUT2D eigenvalue weighted by Gasteiger charge is 2.21. The van der Waals surface area contributed by atoms with E-state index < -0.39 is 5.97 Å². The van der Waals surface area contributed by atoms with Crippen molar-refractivity contribution in [2.24, 2.45) is 0 Å². The summed E-state index contributed by atoms with van der Waals surface area (Å²) < 4.78 is 0. The summed E-state index contributed by atoms with van der Waals surface area (Å²) in [6, 6.07) is 3.78. The molecule has 1 saturated heterocycles. The van der Waals surface area contributed by atoms with Crippen molar-refractivity contribution in [2.45, 2.75) is 32.2 Å². The summed E-state index contributed by atoms with van der Waals surface area (Å²) in [5, 5.41) is 12.7. The van der Waals surface area contributed by atoms with Gasteiger partial charge in [-0.1, -0.05) is 6.92 Å². The number of aromatic carboxylic acids is 1. The van der Waals surface area contributed by atoms with Gasteiger partial charge in [0.05, 0.1) is 5.56 Å². The lowest BCUT2D eigenvalue weighted by atomic mass is 9.93. The number of piperazine rings is 1. The molecule has 0 bridgehead atoms. The van der Waals surface area contributed by atoms with Gasteiger partial charge in [-0.15, -0.1) is 0 Å². The largest absolute Gasteiger partial charge is 0.478 e. The van der Waals surface area contributed by atoms with Crippen molar-refractivity contribution in [1.29, 1.82) is 0 Å². The van der Waals surface area contributed by atoms with Gasteiger partial charge in [0, 0.05) is 32.2 Å². The summed E-state index contributed by atoms with van der Waals surface area (Å²) in [5.41, 5.74) is 0.310. The van der Waals surface area contributed by atoms with Crippen LogP contribution in [0.15, 0.2) is 12.1 Å². The van der Waals surface area contributed by atoms with E-state index in [1.807, 2.05) is 0 Å². The third-order valence-corrected chi connectivity index (χ3v) is 4.66. The van der Waals surface area contributed by atoms with Gasteiger partial charge in [-0.25, -0.2) is 9.78 Å². The molecule has 6 heteroatoms. The van der Waals surface area contributed by atoms with Gasteiger partial charge in [0.25, 0.3) is 0 Å². The van der Waals surface area contributed by atoms with E-state index in [0.29, 0.717) is 17.4 Å². The zero-order valence-corrected chi connectivity index (χ0v) is 13.1. The Labute approximate surface area is 131 Å². The Bertz CT molecular complexity index is 537. The number of hydrogen-bond donors (Lipinski definition) is 2. The number of nitrogens with one attached hydrogen (secondary N) is 1. The number of anilines is 2. The SMILES string of the molecule is CCN1CCN(c2cc(C(=O)O)cc(NC3CCC3)n2)CC1. The lowest BCUT2D eigenvalue weighted by Gasteiger charge is -2.35. The summed E-state index contributed by atoms with van der Waals surface area (Å²) in [6.07, 6.45) is 3.52. The molecule has 2 aliphatic rings. The normalized spacial score (nSPS) is 19.8. The van der Waals surface area contributed by atoms with Gasteiger partial charge < -0.3 is 20.2 Å². The molecule has 1 saturated carbocycles. The van der Waals surface area contributed by atoms with Crippen molar-refractivity contribution in [2.75, 3.05) is 42.9 Å². The molecule has 2 N–H and O–H groups in total. The molecular formula is C16H24N4O2. The lowest BCUT2D eigenvalue weighted by molar-refractivity contribution is 0.0697. The van der Waals surface area contributed by atoms with Crippen LogP contribution in [0.4, 0.5) is 11.6 Å². The topological polar surface area (TPSA) is 68.7 Å². The van der Waals surface area contributed by atoms with E-state index in [2.05, 4.69) is 27.0 Å². The molecule has 2 fully saturated rings. The van der Waals surface area contributed by atoms with Crippen LogP contribution in [-0.4, -0.2) is 59.7 Å². The maximum atomic E-state index is 11.4. The van der Waals surface area contributed by atoms with Crippen LogP contribution in [0.2, 0.25) is 0 Å². The van der Waals surface area contributed by atoms with Gasteiger partial charge in [0.15, 0.2) is 0 Å². The molecule has 0 atom stereocenters. The second-order valence-electron chi connectivity index (χ2n) is 6.10. The molecule has 0 radical (unpaired) electrons. The zero-order valence-electron chi connectivity index (χ0n) is 13.1. The molecular weight excluding hydrogens is 280 g/mol. The first kappa shape index (κ1) is 15.1. The maximum Gasteiger partial charge on any atom is 0.335 e. The second-order valence-corrected chi connectivity index (χ2v) is 6.10. The molecule has 1 aliphatic heterocycles. The summed E-state index contributed by atoms with van der Waals surface area (Å²) in [6.45, 7) is 7.02. The van der Waals surface area contributed by atoms with Gasteiger partial charge in [-0.3, -0.25) is 0 Å². The zero-order chi connectivity index (χ0) is 15.5. The molecule has 1 aliphatic carbocycles. The van der Waals surface area contributed by atoms with E-state index in [-0.39, 0.29) is 0 Å². The minimum absolute atomic E-state index is 0.310. The molecule has 0 amide bonds. The van der Waals surface area contributed by atoms with Crippen molar-refractivity contribution >= 4 is 17.6 Å². The van der Waals surface area contributed by atoms with Crippen LogP contribution in [0.1, 0.15) is 36.5 Å². The minimum Gasteiger partial charge on any atom is -0.478 e. The van der Waals surface area contributed by atoms with E-state index >= 15 is 0 Å². The monoisotopic (exact) mass is 304 g/mol. The number of carboxylic acids is 1. The van der Waals surface area contributed by atoms with E-state index in [1.54, 1.807) is 12.1 Å². The quantitative estimate of drug-likeness (QED) is 0.866. The summed E-state index contributed by atoms with van der Waals surface area (Å²) >= 11 is 0. The highest BCUT2D eigenvalue weighted by molar-refractivity contribution is 5.89. The van der Waals surface area contributed by atoms with Gasteiger partial charge in [0.2, 0.25) is 0 Å². The highest BCUT2D eigenvalue weighted by Crippen LogP contribution is 2.25. The summed E-state index contributed by atoms with van der Waals surface area (Å²) in [7, 11) is 0. The fourth-order valence-electron chi connectivity index (χ4n) is 2.93. The summed E-state index contributed by atoms with van der Waals surface area (Å²) in [5.74, 6) is 0.572. The Balaban J connectivity index is 1.78. The van der Waals surface area contributed by atoms with Crippen molar-refractivity contribution < 1.29 is 9.90 Å². The van der Waals surface area contributed by atoms with Crippen LogP contribution in [0.25, 0.3) is 0 Å². The van der Waals surface area contributed by atoms with E-state index in [9.17, 15) is 9.90 Å². The Morgan fingerprint density at radius 2 is 2.05 bits per heavy atom. The van der Waals surface area contributed by atoms with E-state index in [4.69, 9.17) is 0 Å². The molecule has 1 aromatic rings. The fourth-order valence-corrected chi connectivity index (χ4v) is 2.93. The predicted molar refractivity (Wildman–Crippen MR) is 86.8 cm³/mol. The van der Waals surface area contributed by atoms with Gasteiger partial charge >= 0.3 is 5.97 Å². The van der Waals surface area contributed by atoms with Crippen molar-refractivity contribution in [3.63, 3.8) is 0 Å². The third kappa shape index (κ3) is 3.32. The fraction of sp³-hybridized carbons (Fsp3) is 0.625. The molecule has 120 valence electrons. The summed E-state index contributed by atoms with van der Waals surface area (Å²) in [4.78, 5) is 20.6. The number of aromatic nitrogens is 1. The predicted octanol–water partition coefficient (Wildman–Crippen LogP) is 1.89. The van der Waals surface area contributed by atoms with Crippen molar-refractivity contribution in [3.05, 3.63) is 17.7 Å². The van der Waals surface area contributed by atoms with Crippen LogP contribution < -0.4 is 10.2 Å². The first-order valence-electron chi connectivity index (χ1n) is 8.15. The van der Waals surface area contributed by atoms with Crippen LogP contribution in [-0.2, 0) is 0 Å². The van der Waals surface area contributed by atoms with Crippen LogP contribution in [0.5, 0.6) is 0 Å². The maximum absolute atomic E-state index is 11.4. The average molecular weight is 304 g/mol. The number of likely N-dealkylation sites (N-methyl/N-ethyl adjacent to an activating group) is 1. The number of carboxylic acid groups (broad SMARTS) is 1. The Kier molecular flexibility index (Phi) is 4.47. The molecule has 6 nitrogen and oxygen atoms in total. The molecule has 0 unspecified atom stereocenters. The molecule has 0 spiro atoms. The minimum atomic E-state index is -0.896. The molecule has 3 rings (SSSR count). The highest BCUT2D eigenvalue weighted by atomic mass is 16.4. The molecule has 2 heterocycles. The Morgan fingerprint density at radius 1 is 1.32 bits per heavy atom. The first-order valence-corrected chi connectivity index (χ1v) is 8.15. The van der Waals surface area contributed by atoms with Crippen molar-refractivity contribution in [3.8, 4) is 0 Å². The van der Waals surface area contributed by atoms with Gasteiger partial charge in [-0.2, -0.15) is 0 Å². The van der Waals surface area contributed by atoms with Gasteiger partial charge in [0.1, 0.15) is 11.6 Å². The standard InChI is InChI=1S/C16H24N4O2/c1-2-19-6-8-20(9-7-19)15-11-12(16(21)22)10-14(18-15)17-13-4-3-5-13/h10-11,13H,2-9H2,1H3,(H,17,18)(H,21,22). The number of carbonyl (C=O) groups is 1. The molecule has 0 aromatic carbocycles.